The molecule has 0 N–H and O–H groups in total. The summed E-state index contributed by atoms with van der Waals surface area (Å²) in [6.07, 6.45) is 4.92. The molecule has 1 saturated carbocycles. The molecule has 2 fully saturated rings. The van der Waals surface area contributed by atoms with Crippen LogP contribution in [0.1, 0.15) is 58.9 Å². The lowest BCUT2D eigenvalue weighted by atomic mass is 9.93. The maximum atomic E-state index is 13.0. The first kappa shape index (κ1) is 23.2. The molecule has 1 aliphatic heterocycles. The monoisotopic (exact) mass is 435 g/mol. The van der Waals surface area contributed by atoms with Gasteiger partial charge in [0.2, 0.25) is 15.9 Å². The second kappa shape index (κ2) is 8.60. The number of piperidine rings is 1. The van der Waals surface area contributed by atoms with Crippen LogP contribution in [0.5, 0.6) is 0 Å². The van der Waals surface area contributed by atoms with Crippen molar-refractivity contribution in [2.45, 2.75) is 76.9 Å². The number of rotatable bonds is 8. The number of anilines is 1. The van der Waals surface area contributed by atoms with Crippen LogP contribution >= 0.6 is 0 Å². The first-order valence-corrected chi connectivity index (χ1v) is 12.9. The number of hydrogen-bond donors (Lipinski definition) is 0. The molecule has 0 bridgehead atoms. The summed E-state index contributed by atoms with van der Waals surface area (Å²) in [6.45, 7) is 10.7. The lowest BCUT2D eigenvalue weighted by Crippen LogP contribution is -2.52. The maximum absolute atomic E-state index is 13.0. The van der Waals surface area contributed by atoms with Crippen LogP contribution in [0.25, 0.3) is 0 Å². The maximum Gasteiger partial charge on any atom is 0.245 e. The highest BCUT2D eigenvalue weighted by atomic mass is 32.2. The van der Waals surface area contributed by atoms with E-state index in [1.165, 1.54) is 29.8 Å². The minimum absolute atomic E-state index is 0.131. The summed E-state index contributed by atoms with van der Waals surface area (Å²) in [5.74, 6) is -0.131. The Balaban J connectivity index is 1.76. The third-order valence-corrected chi connectivity index (χ3v) is 8.13. The molecule has 1 aliphatic carbocycles. The molecule has 0 spiro atoms. The van der Waals surface area contributed by atoms with E-state index in [0.29, 0.717) is 25.0 Å². The van der Waals surface area contributed by atoms with E-state index in [1.807, 2.05) is 12.1 Å². The summed E-state index contributed by atoms with van der Waals surface area (Å²) >= 11 is 0. The van der Waals surface area contributed by atoms with Crippen LogP contribution in [0.3, 0.4) is 0 Å². The van der Waals surface area contributed by atoms with Crippen LogP contribution in [0.2, 0.25) is 0 Å². The summed E-state index contributed by atoms with van der Waals surface area (Å²) in [6, 6.07) is 8.80. The fourth-order valence-electron chi connectivity index (χ4n) is 4.68. The fourth-order valence-corrected chi connectivity index (χ4v) is 5.33. The predicted octanol–water partition coefficient (Wildman–Crippen LogP) is 3.22. The second-order valence-corrected chi connectivity index (χ2v) is 11.7. The number of amides is 1. The minimum Gasteiger partial charge on any atom is -0.311 e. The molecule has 1 aromatic carbocycles. The van der Waals surface area contributed by atoms with Crippen molar-refractivity contribution >= 4 is 21.6 Å². The highest BCUT2D eigenvalue weighted by Gasteiger charge is 2.46. The van der Waals surface area contributed by atoms with E-state index in [2.05, 4.69) is 44.7 Å². The van der Waals surface area contributed by atoms with E-state index in [1.54, 1.807) is 4.90 Å². The standard InChI is InChI=1S/C23H37N3O3S/c1-17(2)26(18(3)4)16-23(13-14-23)19-9-11-20(12-10-19)25-15-7-8-21(22(25)27)24(5)30(6,28)29/h9-12,17-18,21H,7-8,13-16H2,1-6H3. The number of likely N-dealkylation sites (N-methyl/N-ethyl adjacent to an activating group) is 1. The molecule has 0 aromatic heterocycles. The third kappa shape index (κ3) is 4.73. The minimum atomic E-state index is -3.40. The van der Waals surface area contributed by atoms with Gasteiger partial charge in [-0.25, -0.2) is 8.42 Å². The molecule has 1 unspecified atom stereocenters. The summed E-state index contributed by atoms with van der Waals surface area (Å²) in [7, 11) is -1.91. The van der Waals surface area contributed by atoms with Gasteiger partial charge in [-0.3, -0.25) is 9.69 Å². The molecule has 1 saturated heterocycles. The van der Waals surface area contributed by atoms with Gasteiger partial charge in [-0.05, 0) is 71.1 Å². The molecule has 30 heavy (non-hydrogen) atoms. The first-order valence-electron chi connectivity index (χ1n) is 11.1. The normalized spacial score (nSPS) is 21.9. The fraction of sp³-hybridized carbons (Fsp3) is 0.696. The Morgan fingerprint density at radius 2 is 1.67 bits per heavy atom. The number of benzene rings is 1. The van der Waals surface area contributed by atoms with Crippen molar-refractivity contribution < 1.29 is 13.2 Å². The molecule has 168 valence electrons. The molecule has 1 amide bonds. The summed E-state index contributed by atoms with van der Waals surface area (Å²) < 4.78 is 25.0. The molecule has 1 aromatic rings. The van der Waals surface area contributed by atoms with Crippen LogP contribution in [-0.4, -0.2) is 68.0 Å². The number of carbonyl (C=O) groups excluding carboxylic acids is 1. The molecular weight excluding hydrogens is 398 g/mol. The van der Waals surface area contributed by atoms with Crippen molar-refractivity contribution in [2.24, 2.45) is 0 Å². The van der Waals surface area contributed by atoms with Gasteiger partial charge in [0.1, 0.15) is 6.04 Å². The predicted molar refractivity (Wildman–Crippen MR) is 122 cm³/mol. The number of sulfonamides is 1. The van der Waals surface area contributed by atoms with Crippen molar-refractivity contribution in [3.63, 3.8) is 0 Å². The van der Waals surface area contributed by atoms with Crippen molar-refractivity contribution in [2.75, 3.05) is 31.3 Å². The first-order chi connectivity index (χ1) is 14.0. The molecular formula is C23H37N3O3S. The van der Waals surface area contributed by atoms with Gasteiger partial charge in [-0.15, -0.1) is 0 Å². The van der Waals surface area contributed by atoms with E-state index in [9.17, 15) is 13.2 Å². The molecule has 7 heteroatoms. The van der Waals surface area contributed by atoms with Gasteiger partial charge in [0.05, 0.1) is 6.26 Å². The number of hydrogen-bond acceptors (Lipinski definition) is 4. The molecule has 2 aliphatic rings. The Bertz CT molecular complexity index is 852. The van der Waals surface area contributed by atoms with Gasteiger partial charge in [-0.1, -0.05) is 12.1 Å². The highest BCUT2D eigenvalue weighted by Crippen LogP contribution is 2.49. The second-order valence-electron chi connectivity index (χ2n) is 9.61. The number of carbonyl (C=O) groups is 1. The van der Waals surface area contributed by atoms with E-state index in [-0.39, 0.29) is 11.3 Å². The van der Waals surface area contributed by atoms with Crippen molar-refractivity contribution in [1.29, 1.82) is 0 Å². The van der Waals surface area contributed by atoms with Gasteiger partial charge >= 0.3 is 0 Å². The molecule has 3 rings (SSSR count). The zero-order valence-corrected chi connectivity index (χ0v) is 20.1. The SMILES string of the molecule is CC(C)N(CC1(c2ccc(N3CCCC(N(C)S(C)(=O)=O)C3=O)cc2)CC1)C(C)C. The Morgan fingerprint density at radius 3 is 2.13 bits per heavy atom. The quantitative estimate of drug-likeness (QED) is 0.629. The van der Waals surface area contributed by atoms with Crippen molar-refractivity contribution in [3.8, 4) is 0 Å². The van der Waals surface area contributed by atoms with E-state index in [0.717, 1.165) is 24.9 Å². The Morgan fingerprint density at radius 1 is 1.10 bits per heavy atom. The zero-order valence-electron chi connectivity index (χ0n) is 19.3. The molecule has 1 heterocycles. The number of nitrogens with zero attached hydrogens (tertiary/aromatic N) is 3. The van der Waals surface area contributed by atoms with Gasteiger partial charge in [-0.2, -0.15) is 4.31 Å². The van der Waals surface area contributed by atoms with Crippen LogP contribution in [0.15, 0.2) is 24.3 Å². The lowest BCUT2D eigenvalue weighted by molar-refractivity contribution is -0.123. The molecule has 1 atom stereocenters. The van der Waals surface area contributed by atoms with Gasteiger partial charge in [0, 0.05) is 43.3 Å². The van der Waals surface area contributed by atoms with Crippen LogP contribution in [0.4, 0.5) is 5.69 Å². The van der Waals surface area contributed by atoms with E-state index >= 15 is 0 Å². The molecule has 6 nitrogen and oxygen atoms in total. The average Bonchev–Trinajstić information content (AvgIpc) is 3.46. The zero-order chi connectivity index (χ0) is 22.3. The van der Waals surface area contributed by atoms with Crippen LogP contribution in [0, 0.1) is 0 Å². The van der Waals surface area contributed by atoms with Crippen molar-refractivity contribution in [1.82, 2.24) is 9.21 Å². The highest BCUT2D eigenvalue weighted by molar-refractivity contribution is 7.88. The van der Waals surface area contributed by atoms with Crippen LogP contribution < -0.4 is 4.90 Å². The Hall–Kier alpha value is -1.44. The van der Waals surface area contributed by atoms with Gasteiger partial charge in [0.15, 0.2) is 0 Å². The summed E-state index contributed by atoms with van der Waals surface area (Å²) in [4.78, 5) is 17.3. The Kier molecular flexibility index (Phi) is 6.65. The summed E-state index contributed by atoms with van der Waals surface area (Å²) in [5, 5.41) is 0. The average molecular weight is 436 g/mol. The lowest BCUT2D eigenvalue weighted by Gasteiger charge is -2.36. The van der Waals surface area contributed by atoms with E-state index < -0.39 is 16.1 Å². The largest absolute Gasteiger partial charge is 0.311 e. The van der Waals surface area contributed by atoms with Crippen molar-refractivity contribution in [3.05, 3.63) is 29.8 Å². The smallest absolute Gasteiger partial charge is 0.245 e. The third-order valence-electron chi connectivity index (χ3n) is 6.83. The topological polar surface area (TPSA) is 60.9 Å². The molecule has 0 radical (unpaired) electrons. The van der Waals surface area contributed by atoms with E-state index in [4.69, 9.17) is 0 Å². The Labute approximate surface area is 182 Å². The van der Waals surface area contributed by atoms with Gasteiger partial charge < -0.3 is 4.90 Å². The van der Waals surface area contributed by atoms with Crippen LogP contribution in [-0.2, 0) is 20.2 Å². The summed E-state index contributed by atoms with van der Waals surface area (Å²) in [5.41, 5.74) is 2.42. The van der Waals surface area contributed by atoms with Gasteiger partial charge in [0.25, 0.3) is 0 Å².